The van der Waals surface area contributed by atoms with Gasteiger partial charge in [0.15, 0.2) is 0 Å². The Labute approximate surface area is 187 Å². The van der Waals surface area contributed by atoms with Crippen molar-refractivity contribution in [2.24, 2.45) is 0 Å². The van der Waals surface area contributed by atoms with Gasteiger partial charge in [0.05, 0.1) is 6.61 Å². The van der Waals surface area contributed by atoms with E-state index in [1.807, 2.05) is 0 Å². The first-order valence-corrected chi connectivity index (χ1v) is 14.4. The molecule has 0 heterocycles. The smallest absolute Gasteiger partial charge is 0.466 e. The van der Waals surface area contributed by atoms with Crippen molar-refractivity contribution >= 4 is 14.8 Å². The molecule has 0 aliphatic carbocycles. The number of ether oxygens (including phenoxy) is 1. The normalized spacial score (nSPS) is 11.7. The Bertz CT molecular complexity index is 366. The molecular weight excluding hydrogens is 396 g/mol. The third kappa shape index (κ3) is 17.3. The summed E-state index contributed by atoms with van der Waals surface area (Å²) >= 11 is 0. The molecule has 0 aromatic carbocycles. The van der Waals surface area contributed by atoms with Crippen LogP contribution in [0.3, 0.4) is 0 Å². The number of hydrogen-bond donors (Lipinski definition) is 0. The maximum Gasteiger partial charge on any atom is 0.500 e. The Balaban J connectivity index is 3.34. The highest BCUT2D eigenvalue weighted by Gasteiger charge is 2.36. The van der Waals surface area contributed by atoms with Crippen molar-refractivity contribution in [2.45, 2.75) is 122 Å². The van der Waals surface area contributed by atoms with E-state index in [1.165, 1.54) is 83.5 Å². The fraction of sp³-hybridized carbons (Fsp3) is 0.958. The molecule has 0 unspecified atom stereocenters. The van der Waals surface area contributed by atoms with Gasteiger partial charge in [-0.25, -0.2) is 0 Å². The van der Waals surface area contributed by atoms with Gasteiger partial charge in [-0.2, -0.15) is 0 Å². The van der Waals surface area contributed by atoms with Crippen molar-refractivity contribution in [2.75, 3.05) is 27.9 Å². The second-order valence-electron chi connectivity index (χ2n) is 8.32. The predicted octanol–water partition coefficient (Wildman–Crippen LogP) is 7.06. The highest BCUT2D eigenvalue weighted by Crippen LogP contribution is 2.16. The molecule has 6 heteroatoms. The van der Waals surface area contributed by atoms with Gasteiger partial charge in [-0.15, -0.1) is 0 Å². The van der Waals surface area contributed by atoms with E-state index >= 15 is 0 Å². The lowest BCUT2D eigenvalue weighted by Gasteiger charge is -2.24. The minimum Gasteiger partial charge on any atom is -0.466 e. The van der Waals surface area contributed by atoms with Crippen molar-refractivity contribution in [3.8, 4) is 0 Å². The van der Waals surface area contributed by atoms with Crippen molar-refractivity contribution < 1.29 is 22.8 Å². The molecule has 0 rings (SSSR count). The van der Waals surface area contributed by atoms with E-state index < -0.39 is 8.80 Å². The van der Waals surface area contributed by atoms with Gasteiger partial charge in [0, 0.05) is 33.8 Å². The van der Waals surface area contributed by atoms with Crippen LogP contribution in [0.25, 0.3) is 0 Å². The zero-order valence-corrected chi connectivity index (χ0v) is 21.5. The van der Waals surface area contributed by atoms with Crippen LogP contribution < -0.4 is 0 Å². The first-order valence-electron chi connectivity index (χ1n) is 12.4. The Morgan fingerprint density at radius 3 is 1.40 bits per heavy atom. The minimum absolute atomic E-state index is 0.0933. The molecule has 0 saturated carbocycles. The molecule has 180 valence electrons. The van der Waals surface area contributed by atoms with Crippen molar-refractivity contribution in [3.63, 3.8) is 0 Å². The molecule has 0 saturated heterocycles. The van der Waals surface area contributed by atoms with Crippen LogP contribution in [0.1, 0.15) is 116 Å². The van der Waals surface area contributed by atoms with Gasteiger partial charge < -0.3 is 18.0 Å². The maximum absolute atomic E-state index is 11.8. The third-order valence-electron chi connectivity index (χ3n) is 5.81. The third-order valence-corrected chi connectivity index (χ3v) is 8.64. The summed E-state index contributed by atoms with van der Waals surface area (Å²) in [6.07, 6.45) is 21.2. The lowest BCUT2D eigenvalue weighted by atomic mass is 10.0. The van der Waals surface area contributed by atoms with Gasteiger partial charge in [0.1, 0.15) is 0 Å². The average molecular weight is 447 g/mol. The molecule has 0 spiro atoms. The fourth-order valence-electron chi connectivity index (χ4n) is 3.74. The van der Waals surface area contributed by atoms with Crippen LogP contribution in [-0.4, -0.2) is 42.7 Å². The largest absolute Gasteiger partial charge is 0.500 e. The molecule has 5 nitrogen and oxygen atoms in total. The Morgan fingerprint density at radius 1 is 0.600 bits per heavy atom. The molecule has 0 aromatic heterocycles. The highest BCUT2D eigenvalue weighted by atomic mass is 28.4. The molecular formula is C24H50O5Si. The second-order valence-corrected chi connectivity index (χ2v) is 11.4. The molecule has 0 atom stereocenters. The van der Waals surface area contributed by atoms with Crippen LogP contribution >= 0.6 is 0 Å². The molecule has 0 amide bonds. The Hall–Kier alpha value is -0.433. The fourth-order valence-corrected chi connectivity index (χ4v) is 5.43. The summed E-state index contributed by atoms with van der Waals surface area (Å²) in [5, 5.41) is 0. The summed E-state index contributed by atoms with van der Waals surface area (Å²) in [5.74, 6) is -0.0933. The van der Waals surface area contributed by atoms with Crippen molar-refractivity contribution in [1.82, 2.24) is 0 Å². The number of carbonyl (C=O) groups excluding carboxylic acids is 1. The van der Waals surface area contributed by atoms with Gasteiger partial charge in [-0.3, -0.25) is 4.79 Å². The van der Waals surface area contributed by atoms with E-state index in [1.54, 1.807) is 21.3 Å². The van der Waals surface area contributed by atoms with Crippen LogP contribution in [0.4, 0.5) is 0 Å². The highest BCUT2D eigenvalue weighted by molar-refractivity contribution is 6.60. The van der Waals surface area contributed by atoms with Crippen molar-refractivity contribution in [1.29, 1.82) is 0 Å². The summed E-state index contributed by atoms with van der Waals surface area (Å²) < 4.78 is 21.4. The number of unbranched alkanes of at least 4 members (excludes halogenated alkanes) is 14. The van der Waals surface area contributed by atoms with Gasteiger partial charge in [0.2, 0.25) is 0 Å². The lowest BCUT2D eigenvalue weighted by molar-refractivity contribution is -0.143. The number of esters is 1. The monoisotopic (exact) mass is 446 g/mol. The van der Waals surface area contributed by atoms with E-state index in [9.17, 15) is 4.79 Å². The SMILES string of the molecule is CCCCCCCCCCCCCCCCCC(=O)OCCC[Si](OC)(OC)OC. The summed E-state index contributed by atoms with van der Waals surface area (Å²) in [4.78, 5) is 11.8. The number of rotatable bonds is 23. The van der Waals surface area contributed by atoms with E-state index in [4.69, 9.17) is 18.0 Å². The van der Waals surface area contributed by atoms with Crippen LogP contribution in [0, 0.1) is 0 Å². The number of carbonyl (C=O) groups is 1. The molecule has 0 N–H and O–H groups in total. The summed E-state index contributed by atoms with van der Waals surface area (Å²) in [5.41, 5.74) is 0. The summed E-state index contributed by atoms with van der Waals surface area (Å²) in [6, 6.07) is 0.655. The van der Waals surface area contributed by atoms with E-state index in [0.29, 0.717) is 25.5 Å². The van der Waals surface area contributed by atoms with Crippen LogP contribution in [0.15, 0.2) is 0 Å². The predicted molar refractivity (Wildman–Crippen MR) is 127 cm³/mol. The standard InChI is InChI=1S/C24H50O5Si/c1-5-6-7-8-9-10-11-12-13-14-15-16-17-18-19-21-24(25)29-22-20-23-30(26-2,27-3)28-4/h5-23H2,1-4H3. The van der Waals surface area contributed by atoms with Gasteiger partial charge in [-0.1, -0.05) is 96.8 Å². The van der Waals surface area contributed by atoms with Crippen molar-refractivity contribution in [3.05, 3.63) is 0 Å². The average Bonchev–Trinajstić information content (AvgIpc) is 2.77. The lowest BCUT2D eigenvalue weighted by Crippen LogP contribution is -2.42. The van der Waals surface area contributed by atoms with Crippen LogP contribution in [0.2, 0.25) is 6.04 Å². The Kier molecular flexibility index (Phi) is 21.5. The van der Waals surface area contributed by atoms with Crippen LogP contribution in [-0.2, 0) is 22.8 Å². The molecule has 0 fully saturated rings. The topological polar surface area (TPSA) is 54.0 Å². The minimum atomic E-state index is -2.54. The van der Waals surface area contributed by atoms with E-state index in [-0.39, 0.29) is 5.97 Å². The zero-order chi connectivity index (χ0) is 22.3. The van der Waals surface area contributed by atoms with E-state index in [2.05, 4.69) is 6.92 Å². The van der Waals surface area contributed by atoms with E-state index in [0.717, 1.165) is 12.8 Å². The second kappa shape index (κ2) is 21.8. The molecule has 30 heavy (non-hydrogen) atoms. The quantitative estimate of drug-likeness (QED) is 0.0955. The number of hydrogen-bond acceptors (Lipinski definition) is 5. The van der Waals surface area contributed by atoms with Gasteiger partial charge in [-0.05, 0) is 12.8 Å². The first kappa shape index (κ1) is 29.6. The molecule has 0 aromatic rings. The van der Waals surface area contributed by atoms with Crippen LogP contribution in [0.5, 0.6) is 0 Å². The maximum atomic E-state index is 11.8. The first-order chi connectivity index (χ1) is 14.6. The van der Waals surface area contributed by atoms with Gasteiger partial charge in [0.25, 0.3) is 0 Å². The molecule has 0 aliphatic rings. The zero-order valence-electron chi connectivity index (χ0n) is 20.5. The Morgan fingerprint density at radius 2 is 1.00 bits per heavy atom. The molecule has 0 aliphatic heterocycles. The van der Waals surface area contributed by atoms with Gasteiger partial charge >= 0.3 is 14.8 Å². The molecule has 0 radical (unpaired) electrons. The molecule has 0 bridgehead atoms. The summed E-state index contributed by atoms with van der Waals surface area (Å²) in [6.45, 7) is 2.68. The summed E-state index contributed by atoms with van der Waals surface area (Å²) in [7, 11) is 2.25.